The predicted molar refractivity (Wildman–Crippen MR) is 71.2 cm³/mol. The third-order valence-corrected chi connectivity index (χ3v) is 5.39. The molecule has 1 aliphatic carbocycles. The number of imidazole rings is 1. The van der Waals surface area contributed by atoms with Gasteiger partial charge in [-0.15, -0.1) is 0 Å². The molecule has 2 rings (SSSR count). The average Bonchev–Trinajstić information content (AvgIpc) is 2.69. The highest BCUT2D eigenvalue weighted by atomic mass is 32.2. The molecule has 1 saturated carbocycles. The number of aliphatic hydroxyl groups excluding tert-OH is 1. The van der Waals surface area contributed by atoms with Crippen LogP contribution in [0.3, 0.4) is 0 Å². The molecule has 1 aromatic rings. The van der Waals surface area contributed by atoms with E-state index in [4.69, 9.17) is 0 Å². The van der Waals surface area contributed by atoms with Crippen molar-refractivity contribution in [2.75, 3.05) is 13.6 Å². The van der Waals surface area contributed by atoms with Crippen LogP contribution in [-0.4, -0.2) is 47.1 Å². The van der Waals surface area contributed by atoms with Crippen molar-refractivity contribution >= 4 is 10.0 Å². The summed E-state index contributed by atoms with van der Waals surface area (Å²) in [4.78, 5) is 4.12. The summed E-state index contributed by atoms with van der Waals surface area (Å²) in [5.41, 5.74) is 0. The second-order valence-corrected chi connectivity index (χ2v) is 7.18. The molecule has 1 N–H and O–H groups in total. The van der Waals surface area contributed by atoms with Gasteiger partial charge in [0.15, 0.2) is 5.03 Å². The zero-order chi connectivity index (χ0) is 14.2. The Morgan fingerprint density at radius 3 is 2.63 bits per heavy atom. The highest BCUT2D eigenvalue weighted by Crippen LogP contribution is 2.29. The number of aromatic nitrogens is 2. The number of aryl methyl sites for hydroxylation is 2. The van der Waals surface area contributed by atoms with Gasteiger partial charge in [0.25, 0.3) is 10.0 Å². The van der Waals surface area contributed by atoms with Crippen LogP contribution in [0.5, 0.6) is 0 Å². The van der Waals surface area contributed by atoms with Crippen LogP contribution in [0.4, 0.5) is 0 Å². The monoisotopic (exact) mass is 287 g/mol. The SMILES string of the molecule is CCn1cc(S(=O)(=O)N(C)CC2CC(O)C2)nc1C. The van der Waals surface area contributed by atoms with Gasteiger partial charge in [-0.1, -0.05) is 0 Å². The number of sulfonamides is 1. The first kappa shape index (κ1) is 14.5. The van der Waals surface area contributed by atoms with Crippen LogP contribution in [0.15, 0.2) is 11.2 Å². The zero-order valence-electron chi connectivity index (χ0n) is 11.6. The summed E-state index contributed by atoms with van der Waals surface area (Å²) in [6.45, 7) is 4.89. The highest BCUT2D eigenvalue weighted by Gasteiger charge is 2.32. The lowest BCUT2D eigenvalue weighted by atomic mass is 9.82. The van der Waals surface area contributed by atoms with Crippen molar-refractivity contribution < 1.29 is 13.5 Å². The molecule has 0 aliphatic heterocycles. The van der Waals surface area contributed by atoms with Gasteiger partial charge in [0.05, 0.1) is 6.10 Å². The molecule has 0 radical (unpaired) electrons. The summed E-state index contributed by atoms with van der Waals surface area (Å²) in [7, 11) is -1.95. The summed E-state index contributed by atoms with van der Waals surface area (Å²) in [5, 5.41) is 9.34. The highest BCUT2D eigenvalue weighted by molar-refractivity contribution is 7.89. The quantitative estimate of drug-likeness (QED) is 0.860. The van der Waals surface area contributed by atoms with Crippen LogP contribution in [0, 0.1) is 12.8 Å². The van der Waals surface area contributed by atoms with Crippen molar-refractivity contribution in [1.29, 1.82) is 0 Å². The van der Waals surface area contributed by atoms with Gasteiger partial charge in [-0.25, -0.2) is 13.4 Å². The molecule has 0 saturated heterocycles. The summed E-state index contributed by atoms with van der Waals surface area (Å²) < 4.78 is 27.9. The third kappa shape index (κ3) is 2.82. The van der Waals surface area contributed by atoms with Gasteiger partial charge in [-0.3, -0.25) is 0 Å². The van der Waals surface area contributed by atoms with E-state index < -0.39 is 10.0 Å². The summed E-state index contributed by atoms with van der Waals surface area (Å²) in [6, 6.07) is 0. The second-order valence-electron chi connectivity index (χ2n) is 5.19. The number of nitrogens with zero attached hydrogens (tertiary/aromatic N) is 3. The molecule has 19 heavy (non-hydrogen) atoms. The maximum atomic E-state index is 12.4. The lowest BCUT2D eigenvalue weighted by molar-refractivity contribution is 0.0367. The van der Waals surface area contributed by atoms with Gasteiger partial charge in [0.1, 0.15) is 5.82 Å². The Bertz CT molecular complexity index is 547. The van der Waals surface area contributed by atoms with Crippen molar-refractivity contribution in [3.05, 3.63) is 12.0 Å². The minimum Gasteiger partial charge on any atom is -0.393 e. The minimum absolute atomic E-state index is 0.106. The Kier molecular flexibility index (Phi) is 3.98. The molecule has 1 fully saturated rings. The molecule has 7 heteroatoms. The molecule has 0 spiro atoms. The fraction of sp³-hybridized carbons (Fsp3) is 0.750. The summed E-state index contributed by atoms with van der Waals surface area (Å²) in [6.07, 6.45) is 2.68. The number of hydrogen-bond donors (Lipinski definition) is 1. The Hall–Kier alpha value is -0.920. The number of hydrogen-bond acceptors (Lipinski definition) is 4. The molecule has 6 nitrogen and oxygen atoms in total. The smallest absolute Gasteiger partial charge is 0.261 e. The molecule has 0 bridgehead atoms. The van der Waals surface area contributed by atoms with E-state index >= 15 is 0 Å². The average molecular weight is 287 g/mol. The Morgan fingerprint density at radius 1 is 1.53 bits per heavy atom. The van der Waals surface area contributed by atoms with E-state index in [0.717, 1.165) is 0 Å². The lowest BCUT2D eigenvalue weighted by Crippen LogP contribution is -2.39. The van der Waals surface area contributed by atoms with Crippen molar-refractivity contribution in [3.63, 3.8) is 0 Å². The van der Waals surface area contributed by atoms with Crippen LogP contribution in [0.2, 0.25) is 0 Å². The molecule has 1 aliphatic rings. The first-order chi connectivity index (χ1) is 8.84. The van der Waals surface area contributed by atoms with Gasteiger partial charge in [-0.05, 0) is 32.6 Å². The largest absolute Gasteiger partial charge is 0.393 e. The van der Waals surface area contributed by atoms with Crippen LogP contribution in [0.25, 0.3) is 0 Å². The van der Waals surface area contributed by atoms with E-state index in [1.54, 1.807) is 20.2 Å². The summed E-state index contributed by atoms with van der Waals surface area (Å²) in [5.74, 6) is 0.956. The molecular formula is C12H21N3O3S. The molecule has 0 aromatic carbocycles. The molecular weight excluding hydrogens is 266 g/mol. The molecule has 0 unspecified atom stereocenters. The van der Waals surface area contributed by atoms with Crippen LogP contribution < -0.4 is 0 Å². The molecule has 108 valence electrons. The maximum absolute atomic E-state index is 12.4. The van der Waals surface area contributed by atoms with Gasteiger partial charge in [0, 0.05) is 26.3 Å². The molecule has 0 atom stereocenters. The van der Waals surface area contributed by atoms with E-state index in [1.807, 2.05) is 11.5 Å². The van der Waals surface area contributed by atoms with Crippen LogP contribution in [0.1, 0.15) is 25.6 Å². The Labute approximate surface area is 114 Å². The first-order valence-corrected chi connectivity index (χ1v) is 7.96. The fourth-order valence-corrected chi connectivity index (χ4v) is 3.63. The van der Waals surface area contributed by atoms with Crippen molar-refractivity contribution in [2.24, 2.45) is 5.92 Å². The predicted octanol–water partition coefficient (Wildman–Crippen LogP) is 0.603. The van der Waals surface area contributed by atoms with E-state index in [-0.39, 0.29) is 17.0 Å². The summed E-state index contributed by atoms with van der Waals surface area (Å²) >= 11 is 0. The normalized spacial score (nSPS) is 23.6. The zero-order valence-corrected chi connectivity index (χ0v) is 12.4. The lowest BCUT2D eigenvalue weighted by Gasteiger charge is -2.33. The van der Waals surface area contributed by atoms with Gasteiger partial charge < -0.3 is 9.67 Å². The topological polar surface area (TPSA) is 75.4 Å². The minimum atomic E-state index is -3.52. The van der Waals surface area contributed by atoms with E-state index in [9.17, 15) is 13.5 Å². The molecule has 1 aromatic heterocycles. The van der Waals surface area contributed by atoms with Crippen molar-refractivity contribution in [2.45, 2.75) is 44.4 Å². The standard InChI is InChI=1S/C12H21N3O3S/c1-4-15-8-12(13-9(15)2)19(17,18)14(3)7-10-5-11(16)6-10/h8,10-11,16H,4-7H2,1-3H3. The van der Waals surface area contributed by atoms with E-state index in [2.05, 4.69) is 4.98 Å². The first-order valence-electron chi connectivity index (χ1n) is 6.52. The Morgan fingerprint density at radius 2 is 2.16 bits per heavy atom. The van der Waals surface area contributed by atoms with E-state index in [1.165, 1.54) is 4.31 Å². The van der Waals surface area contributed by atoms with Crippen molar-refractivity contribution in [1.82, 2.24) is 13.9 Å². The Balaban J connectivity index is 2.11. The van der Waals surface area contributed by atoms with Gasteiger partial charge >= 0.3 is 0 Å². The van der Waals surface area contributed by atoms with Gasteiger partial charge in [0.2, 0.25) is 0 Å². The number of aliphatic hydroxyl groups is 1. The van der Waals surface area contributed by atoms with Gasteiger partial charge in [-0.2, -0.15) is 4.31 Å². The van der Waals surface area contributed by atoms with Crippen LogP contribution in [-0.2, 0) is 16.6 Å². The van der Waals surface area contributed by atoms with E-state index in [0.29, 0.717) is 31.8 Å². The fourth-order valence-electron chi connectivity index (χ4n) is 2.39. The molecule has 1 heterocycles. The molecule has 0 amide bonds. The maximum Gasteiger partial charge on any atom is 0.261 e. The number of rotatable bonds is 5. The second kappa shape index (κ2) is 5.22. The van der Waals surface area contributed by atoms with Crippen molar-refractivity contribution in [3.8, 4) is 0 Å². The van der Waals surface area contributed by atoms with Crippen LogP contribution >= 0.6 is 0 Å². The third-order valence-electron chi connectivity index (χ3n) is 3.70.